The van der Waals surface area contributed by atoms with Gasteiger partial charge in [-0.15, -0.1) is 0 Å². The molecule has 2 aromatic carbocycles. The van der Waals surface area contributed by atoms with Crippen molar-refractivity contribution in [2.75, 3.05) is 18.2 Å². The topological polar surface area (TPSA) is 64.3 Å². The second-order valence-corrected chi connectivity index (χ2v) is 4.40. The van der Waals surface area contributed by atoms with Gasteiger partial charge < -0.3 is 15.8 Å². The lowest BCUT2D eigenvalue weighted by Gasteiger charge is -2.10. The zero-order valence-electron chi connectivity index (χ0n) is 11.2. The molecule has 0 spiro atoms. The molecule has 1 amide bonds. The molecule has 0 aliphatic heterocycles. The van der Waals surface area contributed by atoms with Gasteiger partial charge in [0, 0.05) is 11.8 Å². The molecule has 0 fully saturated rings. The molecule has 0 radical (unpaired) electrons. The van der Waals surface area contributed by atoms with Crippen molar-refractivity contribution in [3.8, 4) is 5.75 Å². The molecule has 0 unspecified atom stereocenters. The number of halogens is 1. The highest BCUT2D eigenvalue weighted by Gasteiger charge is 2.14. The van der Waals surface area contributed by atoms with Gasteiger partial charge in [0.1, 0.15) is 11.6 Å². The molecule has 0 heterocycles. The number of benzene rings is 2. The Hall–Kier alpha value is -2.56. The molecular weight excluding hydrogens is 259 g/mol. The van der Waals surface area contributed by atoms with Crippen LogP contribution in [0.1, 0.15) is 15.9 Å². The molecule has 0 atom stereocenters. The Morgan fingerprint density at radius 2 is 2.00 bits per heavy atom. The van der Waals surface area contributed by atoms with Gasteiger partial charge in [-0.05, 0) is 36.8 Å². The van der Waals surface area contributed by atoms with E-state index in [9.17, 15) is 9.18 Å². The van der Waals surface area contributed by atoms with Crippen molar-refractivity contribution in [3.63, 3.8) is 0 Å². The molecule has 0 aliphatic rings. The van der Waals surface area contributed by atoms with E-state index in [2.05, 4.69) is 5.32 Å². The Labute approximate surface area is 116 Å². The van der Waals surface area contributed by atoms with Gasteiger partial charge in [-0.2, -0.15) is 0 Å². The number of anilines is 2. The van der Waals surface area contributed by atoms with E-state index >= 15 is 0 Å². The lowest BCUT2D eigenvalue weighted by atomic mass is 10.1. The van der Waals surface area contributed by atoms with E-state index in [1.165, 1.54) is 25.3 Å². The Bertz CT molecular complexity index is 656. The first-order valence-corrected chi connectivity index (χ1v) is 6.02. The molecule has 20 heavy (non-hydrogen) atoms. The SMILES string of the molecule is COc1cc(N)ccc1C(=O)Nc1ccc(C)cc1F. The van der Waals surface area contributed by atoms with Crippen molar-refractivity contribution < 1.29 is 13.9 Å². The van der Waals surface area contributed by atoms with E-state index in [4.69, 9.17) is 10.5 Å². The summed E-state index contributed by atoms with van der Waals surface area (Å²) in [5, 5.41) is 2.51. The van der Waals surface area contributed by atoms with Crippen LogP contribution in [0.2, 0.25) is 0 Å². The van der Waals surface area contributed by atoms with Gasteiger partial charge in [-0.1, -0.05) is 6.07 Å². The smallest absolute Gasteiger partial charge is 0.259 e. The van der Waals surface area contributed by atoms with Crippen molar-refractivity contribution in [2.24, 2.45) is 0 Å². The van der Waals surface area contributed by atoms with Crippen LogP contribution in [0.3, 0.4) is 0 Å². The molecule has 0 saturated carbocycles. The van der Waals surface area contributed by atoms with E-state index in [1.807, 2.05) is 0 Å². The molecule has 0 aromatic heterocycles. The lowest BCUT2D eigenvalue weighted by molar-refractivity contribution is 0.102. The number of hydrogen-bond acceptors (Lipinski definition) is 3. The van der Waals surface area contributed by atoms with Crippen molar-refractivity contribution in [3.05, 3.63) is 53.3 Å². The van der Waals surface area contributed by atoms with E-state index in [1.54, 1.807) is 25.1 Å². The normalized spacial score (nSPS) is 10.2. The summed E-state index contributed by atoms with van der Waals surface area (Å²) in [5.41, 5.74) is 7.31. The second-order valence-electron chi connectivity index (χ2n) is 4.40. The summed E-state index contributed by atoms with van der Waals surface area (Å²) in [6.07, 6.45) is 0. The molecule has 0 aliphatic carbocycles. The van der Waals surface area contributed by atoms with Crippen molar-refractivity contribution >= 4 is 17.3 Å². The number of carbonyl (C=O) groups excluding carboxylic acids is 1. The van der Waals surface area contributed by atoms with Gasteiger partial charge >= 0.3 is 0 Å². The van der Waals surface area contributed by atoms with Gasteiger partial charge in [-0.3, -0.25) is 4.79 Å². The third kappa shape index (κ3) is 2.88. The summed E-state index contributed by atoms with van der Waals surface area (Å²) in [6.45, 7) is 1.78. The molecule has 2 rings (SSSR count). The maximum Gasteiger partial charge on any atom is 0.259 e. The van der Waals surface area contributed by atoms with Crippen LogP contribution in [0.25, 0.3) is 0 Å². The predicted molar refractivity (Wildman–Crippen MR) is 76.5 cm³/mol. The highest BCUT2D eigenvalue weighted by molar-refractivity contribution is 6.06. The van der Waals surface area contributed by atoms with Crippen LogP contribution in [-0.2, 0) is 0 Å². The number of nitrogen functional groups attached to an aromatic ring is 1. The van der Waals surface area contributed by atoms with Crippen LogP contribution in [0.4, 0.5) is 15.8 Å². The number of nitrogens with two attached hydrogens (primary N) is 1. The fourth-order valence-electron chi connectivity index (χ4n) is 1.81. The molecule has 0 saturated heterocycles. The van der Waals surface area contributed by atoms with Crippen LogP contribution in [0.5, 0.6) is 5.75 Å². The molecular formula is C15H15FN2O2. The summed E-state index contributed by atoms with van der Waals surface area (Å²) >= 11 is 0. The van der Waals surface area contributed by atoms with Crippen molar-refractivity contribution in [2.45, 2.75) is 6.92 Å². The number of aryl methyl sites for hydroxylation is 1. The number of methoxy groups -OCH3 is 1. The average molecular weight is 274 g/mol. The van der Waals surface area contributed by atoms with Crippen molar-refractivity contribution in [1.29, 1.82) is 0 Å². The Balaban J connectivity index is 2.28. The maximum atomic E-state index is 13.7. The molecule has 2 aromatic rings. The predicted octanol–water partition coefficient (Wildman–Crippen LogP) is 2.98. The highest BCUT2D eigenvalue weighted by atomic mass is 19.1. The van der Waals surface area contributed by atoms with Gasteiger partial charge in [0.25, 0.3) is 5.91 Å². The van der Waals surface area contributed by atoms with Gasteiger partial charge in [0.2, 0.25) is 0 Å². The monoisotopic (exact) mass is 274 g/mol. The molecule has 5 heteroatoms. The van der Waals surface area contributed by atoms with Gasteiger partial charge in [-0.25, -0.2) is 4.39 Å². The number of amides is 1. The number of hydrogen-bond donors (Lipinski definition) is 2. The first-order chi connectivity index (χ1) is 9.51. The Morgan fingerprint density at radius 3 is 2.65 bits per heavy atom. The minimum Gasteiger partial charge on any atom is -0.496 e. The molecule has 104 valence electrons. The first kappa shape index (κ1) is 13.9. The Kier molecular flexibility index (Phi) is 3.89. The van der Waals surface area contributed by atoms with E-state index in [-0.39, 0.29) is 5.69 Å². The fraction of sp³-hybridized carbons (Fsp3) is 0.133. The fourth-order valence-corrected chi connectivity index (χ4v) is 1.81. The number of carbonyl (C=O) groups is 1. The van der Waals surface area contributed by atoms with Crippen molar-refractivity contribution in [1.82, 2.24) is 0 Å². The minimum atomic E-state index is -0.479. The van der Waals surface area contributed by atoms with E-state index in [0.717, 1.165) is 5.56 Å². The van der Waals surface area contributed by atoms with Crippen LogP contribution in [0, 0.1) is 12.7 Å². The maximum absolute atomic E-state index is 13.7. The largest absolute Gasteiger partial charge is 0.496 e. The highest BCUT2D eigenvalue weighted by Crippen LogP contribution is 2.23. The summed E-state index contributed by atoms with van der Waals surface area (Å²) < 4.78 is 18.8. The molecule has 3 N–H and O–H groups in total. The van der Waals surface area contributed by atoms with E-state index < -0.39 is 11.7 Å². The van der Waals surface area contributed by atoms with Crippen LogP contribution >= 0.6 is 0 Å². The minimum absolute atomic E-state index is 0.125. The van der Waals surface area contributed by atoms with E-state index in [0.29, 0.717) is 17.0 Å². The number of rotatable bonds is 3. The summed E-state index contributed by atoms with van der Waals surface area (Å²) in [6, 6.07) is 9.26. The quantitative estimate of drug-likeness (QED) is 0.846. The molecule has 4 nitrogen and oxygen atoms in total. The lowest BCUT2D eigenvalue weighted by Crippen LogP contribution is -2.14. The van der Waals surface area contributed by atoms with Crippen LogP contribution < -0.4 is 15.8 Å². The standard InChI is InChI=1S/C15H15FN2O2/c1-9-3-6-13(12(16)7-9)18-15(19)11-5-4-10(17)8-14(11)20-2/h3-8H,17H2,1-2H3,(H,18,19). The zero-order chi connectivity index (χ0) is 14.7. The summed E-state index contributed by atoms with van der Waals surface area (Å²) in [5.74, 6) is -0.590. The van der Waals surface area contributed by atoms with Gasteiger partial charge in [0.15, 0.2) is 0 Å². The Morgan fingerprint density at radius 1 is 1.25 bits per heavy atom. The first-order valence-electron chi connectivity index (χ1n) is 6.02. The number of nitrogens with one attached hydrogen (secondary N) is 1. The molecule has 0 bridgehead atoms. The van der Waals surface area contributed by atoms with Crippen LogP contribution in [-0.4, -0.2) is 13.0 Å². The average Bonchev–Trinajstić information content (AvgIpc) is 2.41. The zero-order valence-corrected chi connectivity index (χ0v) is 11.2. The number of ether oxygens (including phenoxy) is 1. The summed E-state index contributed by atoms with van der Waals surface area (Å²) in [4.78, 5) is 12.1. The van der Waals surface area contributed by atoms with Crippen LogP contribution in [0.15, 0.2) is 36.4 Å². The third-order valence-electron chi connectivity index (χ3n) is 2.84. The second kappa shape index (κ2) is 5.61. The summed E-state index contributed by atoms with van der Waals surface area (Å²) in [7, 11) is 1.44. The third-order valence-corrected chi connectivity index (χ3v) is 2.84. The van der Waals surface area contributed by atoms with Gasteiger partial charge in [0.05, 0.1) is 18.4 Å².